The van der Waals surface area contributed by atoms with Gasteiger partial charge in [-0.25, -0.2) is 12.8 Å². The maximum atomic E-state index is 13.3. The number of benzene rings is 1. The number of hydrogen-bond donors (Lipinski definition) is 1. The van der Waals surface area contributed by atoms with E-state index in [2.05, 4.69) is 5.32 Å². The van der Waals surface area contributed by atoms with E-state index in [1.54, 1.807) is 6.92 Å². The van der Waals surface area contributed by atoms with Crippen molar-refractivity contribution < 1.29 is 12.8 Å². The molecule has 0 aliphatic heterocycles. The SMILES string of the molecule is CC(NCCS(C)(=O)=O)c1c(Cl)ccc(F)c1Cl. The van der Waals surface area contributed by atoms with Crippen LogP contribution < -0.4 is 5.32 Å². The van der Waals surface area contributed by atoms with E-state index >= 15 is 0 Å². The zero-order chi connectivity index (χ0) is 13.9. The van der Waals surface area contributed by atoms with Crippen molar-refractivity contribution in [3.63, 3.8) is 0 Å². The quantitative estimate of drug-likeness (QED) is 0.850. The molecule has 0 aliphatic carbocycles. The highest BCUT2D eigenvalue weighted by molar-refractivity contribution is 7.90. The molecule has 1 unspecified atom stereocenters. The Labute approximate surface area is 116 Å². The van der Waals surface area contributed by atoms with E-state index in [0.717, 1.165) is 6.26 Å². The highest BCUT2D eigenvalue weighted by Crippen LogP contribution is 2.32. The molecular formula is C11H14Cl2FNO2S. The largest absolute Gasteiger partial charge is 0.309 e. The van der Waals surface area contributed by atoms with Gasteiger partial charge in [0.1, 0.15) is 15.7 Å². The van der Waals surface area contributed by atoms with E-state index in [9.17, 15) is 12.8 Å². The van der Waals surface area contributed by atoms with Crippen LogP contribution in [0.4, 0.5) is 4.39 Å². The van der Waals surface area contributed by atoms with E-state index < -0.39 is 15.7 Å². The van der Waals surface area contributed by atoms with Crippen LogP contribution in [-0.4, -0.2) is 27.0 Å². The van der Waals surface area contributed by atoms with Gasteiger partial charge in [-0.05, 0) is 19.1 Å². The van der Waals surface area contributed by atoms with Gasteiger partial charge in [-0.2, -0.15) is 0 Å². The van der Waals surface area contributed by atoms with Crippen LogP contribution in [0.2, 0.25) is 10.0 Å². The summed E-state index contributed by atoms with van der Waals surface area (Å²) in [6, 6.07) is 2.28. The number of hydrogen-bond acceptors (Lipinski definition) is 3. The summed E-state index contributed by atoms with van der Waals surface area (Å²) in [6.07, 6.45) is 1.15. The lowest BCUT2D eigenvalue weighted by molar-refractivity contribution is 0.570. The smallest absolute Gasteiger partial charge is 0.148 e. The lowest BCUT2D eigenvalue weighted by Crippen LogP contribution is -2.25. The van der Waals surface area contributed by atoms with Gasteiger partial charge >= 0.3 is 0 Å². The Hall–Kier alpha value is -0.360. The minimum absolute atomic E-state index is 0.00188. The van der Waals surface area contributed by atoms with E-state index in [0.29, 0.717) is 10.6 Å². The molecule has 0 amide bonds. The predicted octanol–water partition coefficient (Wildman–Crippen LogP) is 2.83. The summed E-state index contributed by atoms with van der Waals surface area (Å²) in [5.74, 6) is -0.546. The molecular weight excluding hydrogens is 300 g/mol. The molecule has 1 aromatic rings. The molecule has 0 heterocycles. The zero-order valence-corrected chi connectivity index (χ0v) is 12.3. The minimum Gasteiger partial charge on any atom is -0.309 e. The maximum Gasteiger partial charge on any atom is 0.148 e. The lowest BCUT2D eigenvalue weighted by atomic mass is 10.1. The maximum absolute atomic E-state index is 13.3. The van der Waals surface area contributed by atoms with Crippen LogP contribution >= 0.6 is 23.2 Å². The summed E-state index contributed by atoms with van der Waals surface area (Å²) in [4.78, 5) is 0. The molecule has 18 heavy (non-hydrogen) atoms. The molecule has 102 valence electrons. The first kappa shape index (κ1) is 15.7. The van der Waals surface area contributed by atoms with Gasteiger partial charge in [-0.15, -0.1) is 0 Å². The second-order valence-corrected chi connectivity index (χ2v) is 7.11. The number of halogens is 3. The second kappa shape index (κ2) is 6.19. The van der Waals surface area contributed by atoms with Crippen molar-refractivity contribution in [3.8, 4) is 0 Å². The Balaban J connectivity index is 2.79. The number of sulfone groups is 1. The molecule has 0 aromatic heterocycles. The van der Waals surface area contributed by atoms with Crippen molar-refractivity contribution in [2.75, 3.05) is 18.6 Å². The van der Waals surface area contributed by atoms with Gasteiger partial charge in [0, 0.05) is 29.4 Å². The summed E-state index contributed by atoms with van der Waals surface area (Å²) >= 11 is 11.8. The zero-order valence-electron chi connectivity index (χ0n) is 10.0. The van der Waals surface area contributed by atoms with E-state index in [1.165, 1.54) is 12.1 Å². The normalized spacial score (nSPS) is 13.6. The Kier molecular flexibility index (Phi) is 5.40. The Morgan fingerprint density at radius 1 is 1.39 bits per heavy atom. The van der Waals surface area contributed by atoms with E-state index in [-0.39, 0.29) is 23.4 Å². The molecule has 0 saturated carbocycles. The molecule has 0 spiro atoms. The number of rotatable bonds is 5. The molecule has 1 atom stereocenters. The van der Waals surface area contributed by atoms with Gasteiger partial charge in [-0.1, -0.05) is 23.2 Å². The monoisotopic (exact) mass is 313 g/mol. The van der Waals surface area contributed by atoms with Crippen LogP contribution in [0, 0.1) is 5.82 Å². The molecule has 0 aliphatic rings. The minimum atomic E-state index is -3.03. The van der Waals surface area contributed by atoms with Crippen molar-refractivity contribution in [2.24, 2.45) is 0 Å². The summed E-state index contributed by atoms with van der Waals surface area (Å²) in [7, 11) is -3.03. The van der Waals surface area contributed by atoms with Gasteiger partial charge in [0.25, 0.3) is 0 Å². The summed E-state index contributed by atoms with van der Waals surface area (Å²) < 4.78 is 35.3. The van der Waals surface area contributed by atoms with Gasteiger partial charge < -0.3 is 5.32 Å². The van der Waals surface area contributed by atoms with Crippen molar-refractivity contribution in [1.29, 1.82) is 0 Å². The van der Waals surface area contributed by atoms with Crippen LogP contribution in [0.3, 0.4) is 0 Å². The highest BCUT2D eigenvalue weighted by atomic mass is 35.5. The van der Waals surface area contributed by atoms with Gasteiger partial charge in [0.05, 0.1) is 10.8 Å². The molecule has 0 bridgehead atoms. The van der Waals surface area contributed by atoms with E-state index in [4.69, 9.17) is 23.2 Å². The molecule has 1 rings (SSSR count). The van der Waals surface area contributed by atoms with Gasteiger partial charge in [-0.3, -0.25) is 0 Å². The molecule has 3 nitrogen and oxygen atoms in total. The van der Waals surface area contributed by atoms with Crippen molar-refractivity contribution in [2.45, 2.75) is 13.0 Å². The number of nitrogens with one attached hydrogen (secondary N) is 1. The standard InChI is InChI=1S/C11H14Cl2FNO2S/c1-7(15-5-6-18(2,16)17)10-8(12)3-4-9(14)11(10)13/h3-4,7,15H,5-6H2,1-2H3. The third kappa shape index (κ3) is 4.39. The fraction of sp³-hybridized carbons (Fsp3) is 0.455. The summed E-state index contributed by atoms with van der Waals surface area (Å²) in [5.41, 5.74) is 0.437. The van der Waals surface area contributed by atoms with Gasteiger partial charge in [0.15, 0.2) is 0 Å². The first-order valence-electron chi connectivity index (χ1n) is 5.27. The average molecular weight is 314 g/mol. The fourth-order valence-corrected chi connectivity index (χ4v) is 2.69. The Bertz CT molecular complexity index is 534. The molecule has 0 radical (unpaired) electrons. The fourth-order valence-electron chi connectivity index (χ4n) is 1.50. The molecule has 0 fully saturated rings. The summed E-state index contributed by atoms with van der Waals surface area (Å²) in [5, 5.41) is 3.26. The van der Waals surface area contributed by atoms with Gasteiger partial charge in [0.2, 0.25) is 0 Å². The molecule has 0 saturated heterocycles. The van der Waals surface area contributed by atoms with Crippen LogP contribution in [0.25, 0.3) is 0 Å². The van der Waals surface area contributed by atoms with E-state index in [1.807, 2.05) is 0 Å². The van der Waals surface area contributed by atoms with Crippen LogP contribution in [-0.2, 0) is 9.84 Å². The molecule has 1 aromatic carbocycles. The lowest BCUT2D eigenvalue weighted by Gasteiger charge is -2.17. The molecule has 7 heteroatoms. The highest BCUT2D eigenvalue weighted by Gasteiger charge is 2.17. The van der Waals surface area contributed by atoms with Crippen LogP contribution in [0.1, 0.15) is 18.5 Å². The Morgan fingerprint density at radius 2 is 2.00 bits per heavy atom. The summed E-state index contributed by atoms with van der Waals surface area (Å²) in [6.45, 7) is 2.00. The predicted molar refractivity (Wildman–Crippen MR) is 72.5 cm³/mol. The molecule has 1 N–H and O–H groups in total. The third-order valence-electron chi connectivity index (χ3n) is 2.44. The van der Waals surface area contributed by atoms with Crippen molar-refractivity contribution in [1.82, 2.24) is 5.32 Å². The van der Waals surface area contributed by atoms with Crippen LogP contribution in [0.15, 0.2) is 12.1 Å². The second-order valence-electron chi connectivity index (χ2n) is 4.06. The first-order valence-corrected chi connectivity index (χ1v) is 8.08. The average Bonchev–Trinajstić information content (AvgIpc) is 2.22. The van der Waals surface area contributed by atoms with Crippen molar-refractivity contribution >= 4 is 33.0 Å². The first-order chi connectivity index (χ1) is 8.22. The third-order valence-corrected chi connectivity index (χ3v) is 4.10. The Morgan fingerprint density at radius 3 is 2.56 bits per heavy atom. The topological polar surface area (TPSA) is 46.2 Å². The van der Waals surface area contributed by atoms with Crippen molar-refractivity contribution in [3.05, 3.63) is 33.6 Å². The van der Waals surface area contributed by atoms with Crippen LogP contribution in [0.5, 0.6) is 0 Å².